The number of fused-ring (bicyclic) bond motifs is 5. The van der Waals surface area contributed by atoms with E-state index in [1.165, 1.54) is 19.2 Å². The monoisotopic (exact) mass is 487 g/mol. The number of hydrogen-bond donors (Lipinski definition) is 0. The molecule has 3 aromatic carbocycles. The minimum atomic E-state index is -2.93. The first-order valence-electron chi connectivity index (χ1n) is 8.32. The molecule has 26 heavy (non-hydrogen) atoms. The number of anilines is 1. The van der Waals surface area contributed by atoms with Crippen molar-refractivity contribution < 1.29 is 4.57 Å². The number of rotatable bonds is 1. The molecule has 0 unspecified atom stereocenters. The van der Waals surface area contributed by atoms with Crippen molar-refractivity contribution in [2.24, 2.45) is 0 Å². The molecule has 1 aliphatic rings. The average Bonchev–Trinajstić information content (AvgIpc) is 3.07. The zero-order chi connectivity index (χ0) is 17.9. The molecule has 0 spiro atoms. The van der Waals surface area contributed by atoms with Gasteiger partial charge in [0.2, 0.25) is 7.29 Å². The smallest absolute Gasteiger partial charge is 0.230 e. The van der Waals surface area contributed by atoms with Crippen LogP contribution >= 0.6 is 41.2 Å². The maximum Gasteiger partial charge on any atom is 0.230 e. The second-order valence-electron chi connectivity index (χ2n) is 6.39. The molecule has 128 valence electrons. The van der Waals surface area contributed by atoms with Crippen molar-refractivity contribution in [2.45, 2.75) is 0 Å². The Balaban J connectivity index is 1.96. The van der Waals surface area contributed by atoms with Crippen LogP contribution in [0, 0.1) is 2.88 Å². The van der Waals surface area contributed by atoms with Crippen LogP contribution in [0.25, 0.3) is 21.9 Å². The van der Waals surface area contributed by atoms with E-state index in [4.69, 9.17) is 0 Å². The first-order valence-corrected chi connectivity index (χ1v) is 11.9. The minimum absolute atomic E-state index is 0.882. The van der Waals surface area contributed by atoms with Crippen LogP contribution in [0.1, 0.15) is 0 Å². The third-order valence-electron chi connectivity index (χ3n) is 5.01. The normalized spacial score (nSPS) is 18.6. The Morgan fingerprint density at radius 3 is 2.50 bits per heavy atom. The van der Waals surface area contributed by atoms with Gasteiger partial charge in [0.1, 0.15) is 5.00 Å². The van der Waals surface area contributed by atoms with Gasteiger partial charge in [0, 0.05) is 28.8 Å². The van der Waals surface area contributed by atoms with E-state index < -0.39 is 7.29 Å². The highest BCUT2D eigenvalue weighted by atomic mass is 127. The third-order valence-corrected chi connectivity index (χ3v) is 10.2. The second-order valence-corrected chi connectivity index (χ2v) is 12.1. The van der Waals surface area contributed by atoms with Gasteiger partial charge in [0.25, 0.3) is 0 Å². The molecular formula is C21H15INOPS. The summed E-state index contributed by atoms with van der Waals surface area (Å²) < 4.78 is 17.8. The van der Waals surface area contributed by atoms with Gasteiger partial charge in [-0.2, -0.15) is 0 Å². The van der Waals surface area contributed by atoms with Crippen molar-refractivity contribution >= 4 is 67.6 Å². The van der Waals surface area contributed by atoms with Gasteiger partial charge in [-0.3, -0.25) is 4.57 Å². The summed E-state index contributed by atoms with van der Waals surface area (Å²) >= 11 is 4.07. The van der Waals surface area contributed by atoms with Crippen molar-refractivity contribution in [1.29, 1.82) is 0 Å². The van der Waals surface area contributed by atoms with Crippen LogP contribution in [0.4, 0.5) is 5.00 Å². The van der Waals surface area contributed by atoms with Gasteiger partial charge < -0.3 is 4.67 Å². The van der Waals surface area contributed by atoms with E-state index >= 15 is 0 Å². The molecule has 4 aromatic rings. The van der Waals surface area contributed by atoms with Crippen LogP contribution in [0.2, 0.25) is 0 Å². The lowest BCUT2D eigenvalue weighted by atomic mass is 9.99. The first kappa shape index (κ1) is 16.5. The molecule has 0 saturated heterocycles. The predicted octanol–water partition coefficient (Wildman–Crippen LogP) is 5.85. The molecule has 2 nitrogen and oxygen atoms in total. The summed E-state index contributed by atoms with van der Waals surface area (Å²) in [6, 6.07) is 24.6. The summed E-state index contributed by atoms with van der Waals surface area (Å²) in [5, 5.41) is 5.26. The largest absolute Gasteiger partial charge is 0.310 e. The van der Waals surface area contributed by atoms with E-state index in [9.17, 15) is 4.57 Å². The lowest BCUT2D eigenvalue weighted by molar-refractivity contribution is 0.586. The van der Waals surface area contributed by atoms with Crippen LogP contribution in [0.15, 0.2) is 72.8 Å². The van der Waals surface area contributed by atoms with E-state index in [2.05, 4.69) is 65.1 Å². The van der Waals surface area contributed by atoms with Gasteiger partial charge >= 0.3 is 0 Å². The third kappa shape index (κ3) is 2.19. The fourth-order valence-electron chi connectivity index (χ4n) is 3.80. The highest BCUT2D eigenvalue weighted by Gasteiger charge is 2.41. The van der Waals surface area contributed by atoms with Crippen molar-refractivity contribution in [1.82, 2.24) is 0 Å². The number of halogens is 1. The van der Waals surface area contributed by atoms with Gasteiger partial charge in [0.05, 0.1) is 2.88 Å². The minimum Gasteiger partial charge on any atom is -0.310 e. The van der Waals surface area contributed by atoms with Crippen molar-refractivity contribution in [3.05, 3.63) is 75.7 Å². The molecule has 1 aliphatic heterocycles. The number of hydrogen-bond acceptors (Lipinski definition) is 2. The Morgan fingerprint density at radius 2 is 1.69 bits per heavy atom. The Morgan fingerprint density at radius 1 is 0.962 bits per heavy atom. The summed E-state index contributed by atoms with van der Waals surface area (Å²) in [4.78, 5) is 0. The zero-order valence-corrected chi connectivity index (χ0v) is 17.9. The maximum atomic E-state index is 14.5. The fraction of sp³-hybridized carbons (Fsp3) is 0.0476. The van der Waals surface area contributed by atoms with Crippen LogP contribution < -0.4 is 15.3 Å². The molecule has 0 bridgehead atoms. The van der Waals surface area contributed by atoms with Gasteiger partial charge in [-0.05, 0) is 57.6 Å². The molecular weight excluding hydrogens is 472 g/mol. The molecule has 0 fully saturated rings. The van der Waals surface area contributed by atoms with E-state index in [1.807, 2.05) is 42.0 Å². The lowest BCUT2D eigenvalue weighted by Gasteiger charge is -2.36. The van der Waals surface area contributed by atoms with Crippen LogP contribution in [-0.4, -0.2) is 7.05 Å². The van der Waals surface area contributed by atoms with E-state index in [0.717, 1.165) is 21.2 Å². The highest BCUT2D eigenvalue weighted by Crippen LogP contribution is 2.60. The van der Waals surface area contributed by atoms with Crippen molar-refractivity contribution in [3.8, 4) is 11.1 Å². The van der Waals surface area contributed by atoms with Gasteiger partial charge in [-0.1, -0.05) is 48.5 Å². The molecule has 2 heterocycles. The van der Waals surface area contributed by atoms with Gasteiger partial charge in [-0.15, -0.1) is 11.3 Å². The topological polar surface area (TPSA) is 20.3 Å². The quantitative estimate of drug-likeness (QED) is 0.248. The Bertz CT molecular complexity index is 1200. The average molecular weight is 487 g/mol. The summed E-state index contributed by atoms with van der Waals surface area (Å²) in [6.07, 6.45) is 0. The Kier molecular flexibility index (Phi) is 3.78. The standard InChI is InChI=1S/C21H15INOPS/c1-23-21-17(13-19(22)26-21)20-16-10-6-5-7-14(16)11-12-18(20)25(23,24)15-8-3-2-4-9-15/h2-13H,1H3/t25-/m0/s1. The number of nitrogens with zero attached hydrogens (tertiary/aromatic N) is 1. The molecule has 5 heteroatoms. The highest BCUT2D eigenvalue weighted by molar-refractivity contribution is 14.1. The summed E-state index contributed by atoms with van der Waals surface area (Å²) in [5.74, 6) is 0. The molecule has 0 N–H and O–H groups in total. The molecule has 5 rings (SSSR count). The molecule has 0 saturated carbocycles. The summed E-state index contributed by atoms with van der Waals surface area (Å²) in [5.41, 5.74) is 2.32. The van der Waals surface area contributed by atoms with Crippen molar-refractivity contribution in [2.75, 3.05) is 11.7 Å². The van der Waals surface area contributed by atoms with Gasteiger partial charge in [0.15, 0.2) is 0 Å². The second kappa shape index (κ2) is 5.95. The number of benzene rings is 3. The summed E-state index contributed by atoms with van der Waals surface area (Å²) in [7, 11) is -0.960. The van der Waals surface area contributed by atoms with E-state index in [1.54, 1.807) is 11.3 Å². The van der Waals surface area contributed by atoms with E-state index in [0.29, 0.717) is 0 Å². The zero-order valence-electron chi connectivity index (χ0n) is 14.0. The molecule has 0 aliphatic carbocycles. The Labute approximate surface area is 170 Å². The van der Waals surface area contributed by atoms with Crippen LogP contribution in [0.5, 0.6) is 0 Å². The van der Waals surface area contributed by atoms with Crippen LogP contribution in [0.3, 0.4) is 0 Å². The molecule has 1 atom stereocenters. The SMILES string of the molecule is CN1c2sc(I)cc2-c2c(ccc3ccccc23)[P@@]1(=O)c1ccccc1. The fourth-order valence-corrected chi connectivity index (χ4v) is 8.68. The lowest BCUT2D eigenvalue weighted by Crippen LogP contribution is -2.33. The summed E-state index contributed by atoms with van der Waals surface area (Å²) in [6.45, 7) is 0. The predicted molar refractivity (Wildman–Crippen MR) is 122 cm³/mol. The molecule has 0 radical (unpaired) electrons. The van der Waals surface area contributed by atoms with Gasteiger partial charge in [-0.25, -0.2) is 0 Å². The van der Waals surface area contributed by atoms with E-state index in [-0.39, 0.29) is 0 Å². The molecule has 1 aromatic heterocycles. The first-order chi connectivity index (χ1) is 12.6. The van der Waals surface area contributed by atoms with Crippen LogP contribution in [-0.2, 0) is 4.57 Å². The Hall–Kier alpha value is -1.62. The number of thiophene rings is 1. The maximum absolute atomic E-state index is 14.5. The molecule has 0 amide bonds. The van der Waals surface area contributed by atoms with Crippen molar-refractivity contribution in [3.63, 3.8) is 0 Å².